The molecule has 5 heteroatoms. The summed E-state index contributed by atoms with van der Waals surface area (Å²) >= 11 is 0. The van der Waals surface area contributed by atoms with Gasteiger partial charge in [-0.05, 0) is 37.8 Å². The Balaban J connectivity index is 1.83. The highest BCUT2D eigenvalue weighted by Gasteiger charge is 2.19. The van der Waals surface area contributed by atoms with Crippen molar-refractivity contribution in [3.05, 3.63) is 23.7 Å². The van der Waals surface area contributed by atoms with Crippen molar-refractivity contribution in [3.63, 3.8) is 0 Å². The van der Waals surface area contributed by atoms with Crippen LogP contribution in [0.25, 0.3) is 11.6 Å². The molecular formula is C15H21N3O2. The van der Waals surface area contributed by atoms with Crippen LogP contribution >= 0.6 is 0 Å². The van der Waals surface area contributed by atoms with Crippen molar-refractivity contribution in [2.45, 2.75) is 52.2 Å². The van der Waals surface area contributed by atoms with Crippen molar-refractivity contribution in [1.29, 1.82) is 0 Å². The smallest absolute Gasteiger partial charge is 0.194 e. The lowest BCUT2D eigenvalue weighted by molar-refractivity contribution is 0.248. The van der Waals surface area contributed by atoms with E-state index in [4.69, 9.17) is 9.52 Å². The summed E-state index contributed by atoms with van der Waals surface area (Å²) in [6, 6.07) is 3.64. The maximum atomic E-state index is 9.10. The molecule has 1 fully saturated rings. The summed E-state index contributed by atoms with van der Waals surface area (Å²) in [6.45, 7) is 2.72. The molecule has 0 saturated heterocycles. The first-order valence-corrected chi connectivity index (χ1v) is 7.37. The molecule has 0 spiro atoms. The van der Waals surface area contributed by atoms with Crippen LogP contribution in [0.3, 0.4) is 0 Å². The molecule has 1 saturated carbocycles. The fourth-order valence-electron chi connectivity index (χ4n) is 2.96. The summed E-state index contributed by atoms with van der Waals surface area (Å²) in [5, 5.41) is 13.6. The van der Waals surface area contributed by atoms with Crippen LogP contribution in [0.4, 0.5) is 0 Å². The van der Waals surface area contributed by atoms with Gasteiger partial charge >= 0.3 is 0 Å². The lowest BCUT2D eigenvalue weighted by Crippen LogP contribution is -2.15. The van der Waals surface area contributed by atoms with Gasteiger partial charge in [0.25, 0.3) is 0 Å². The third kappa shape index (κ3) is 2.77. The van der Waals surface area contributed by atoms with Crippen LogP contribution in [-0.4, -0.2) is 19.9 Å². The van der Waals surface area contributed by atoms with Gasteiger partial charge in [0, 0.05) is 6.54 Å². The first kappa shape index (κ1) is 13.4. The first-order chi connectivity index (χ1) is 9.76. The van der Waals surface area contributed by atoms with Crippen LogP contribution in [0, 0.1) is 12.8 Å². The Bertz CT molecular complexity index is 567. The molecule has 1 aliphatic rings. The Labute approximate surface area is 118 Å². The lowest BCUT2D eigenvalue weighted by Gasteiger charge is -2.21. The summed E-state index contributed by atoms with van der Waals surface area (Å²) in [6.07, 6.45) is 6.56. The summed E-state index contributed by atoms with van der Waals surface area (Å²) in [5.41, 5.74) is 0. The summed E-state index contributed by atoms with van der Waals surface area (Å²) < 4.78 is 7.55. The van der Waals surface area contributed by atoms with Crippen molar-refractivity contribution in [3.8, 4) is 11.6 Å². The zero-order valence-corrected chi connectivity index (χ0v) is 11.9. The van der Waals surface area contributed by atoms with Crippen LogP contribution in [0.5, 0.6) is 0 Å². The molecule has 0 bridgehead atoms. The van der Waals surface area contributed by atoms with Crippen LogP contribution in [0.15, 0.2) is 16.5 Å². The molecule has 0 aromatic carbocycles. The Morgan fingerprint density at radius 1 is 1.30 bits per heavy atom. The third-order valence-electron chi connectivity index (χ3n) is 3.97. The standard InChI is InChI=1S/C15H21N3O2/c1-11-16-15(14-8-7-13(10-19)20-14)18(17-11)9-12-5-3-2-4-6-12/h7-8,12,19H,2-6,9-10H2,1H3. The molecule has 108 valence electrons. The molecule has 0 atom stereocenters. The monoisotopic (exact) mass is 275 g/mol. The SMILES string of the molecule is Cc1nc(-c2ccc(CO)o2)n(CC2CCCCC2)n1. The van der Waals surface area contributed by atoms with Gasteiger partial charge in [-0.25, -0.2) is 9.67 Å². The number of aryl methyl sites for hydroxylation is 1. The zero-order chi connectivity index (χ0) is 13.9. The Morgan fingerprint density at radius 3 is 2.80 bits per heavy atom. The maximum absolute atomic E-state index is 9.10. The second-order valence-corrected chi connectivity index (χ2v) is 5.59. The molecule has 5 nitrogen and oxygen atoms in total. The van der Waals surface area contributed by atoms with Crippen LogP contribution in [0.1, 0.15) is 43.7 Å². The molecule has 0 amide bonds. The van der Waals surface area contributed by atoms with E-state index >= 15 is 0 Å². The van der Waals surface area contributed by atoms with Gasteiger partial charge in [-0.3, -0.25) is 0 Å². The molecule has 3 rings (SSSR count). The lowest BCUT2D eigenvalue weighted by atomic mass is 9.89. The largest absolute Gasteiger partial charge is 0.455 e. The Hall–Kier alpha value is -1.62. The van der Waals surface area contributed by atoms with E-state index in [0.29, 0.717) is 17.4 Å². The van der Waals surface area contributed by atoms with Crippen LogP contribution in [0.2, 0.25) is 0 Å². The highest BCUT2D eigenvalue weighted by molar-refractivity contribution is 5.47. The van der Waals surface area contributed by atoms with Gasteiger partial charge in [-0.15, -0.1) is 0 Å². The van der Waals surface area contributed by atoms with E-state index in [1.165, 1.54) is 32.1 Å². The molecule has 1 N–H and O–H groups in total. The molecule has 1 aliphatic carbocycles. The number of furan rings is 1. The molecule has 0 aliphatic heterocycles. The van der Waals surface area contributed by atoms with Gasteiger partial charge < -0.3 is 9.52 Å². The van der Waals surface area contributed by atoms with Gasteiger partial charge in [0.15, 0.2) is 11.6 Å². The van der Waals surface area contributed by atoms with E-state index in [1.807, 2.05) is 17.7 Å². The molecule has 2 aromatic rings. The van der Waals surface area contributed by atoms with Crippen molar-refractivity contribution < 1.29 is 9.52 Å². The van der Waals surface area contributed by atoms with E-state index in [0.717, 1.165) is 18.2 Å². The number of aliphatic hydroxyl groups excluding tert-OH is 1. The normalized spacial score (nSPS) is 16.7. The van der Waals surface area contributed by atoms with Gasteiger partial charge in [0.1, 0.15) is 18.2 Å². The number of aliphatic hydroxyl groups is 1. The Kier molecular flexibility index (Phi) is 3.87. The average Bonchev–Trinajstić information content (AvgIpc) is 3.06. The van der Waals surface area contributed by atoms with Crippen molar-refractivity contribution in [1.82, 2.24) is 14.8 Å². The third-order valence-corrected chi connectivity index (χ3v) is 3.97. The van der Waals surface area contributed by atoms with Crippen LogP contribution in [-0.2, 0) is 13.2 Å². The van der Waals surface area contributed by atoms with Gasteiger partial charge in [0.05, 0.1) is 0 Å². The second kappa shape index (κ2) is 5.79. The van der Waals surface area contributed by atoms with Crippen LogP contribution < -0.4 is 0 Å². The molecule has 0 unspecified atom stereocenters. The molecule has 0 radical (unpaired) electrons. The first-order valence-electron chi connectivity index (χ1n) is 7.37. The number of rotatable bonds is 4. The zero-order valence-electron chi connectivity index (χ0n) is 11.9. The van der Waals surface area contributed by atoms with E-state index in [1.54, 1.807) is 6.07 Å². The molecular weight excluding hydrogens is 254 g/mol. The highest BCUT2D eigenvalue weighted by atomic mass is 16.4. The summed E-state index contributed by atoms with van der Waals surface area (Å²) in [5.74, 6) is 3.47. The predicted molar refractivity (Wildman–Crippen MR) is 75.0 cm³/mol. The Morgan fingerprint density at radius 2 is 2.10 bits per heavy atom. The number of hydrogen-bond acceptors (Lipinski definition) is 4. The number of hydrogen-bond donors (Lipinski definition) is 1. The minimum atomic E-state index is -0.0876. The number of aromatic nitrogens is 3. The predicted octanol–water partition coefficient (Wildman–Crippen LogP) is 2.92. The van der Waals surface area contributed by atoms with Crippen molar-refractivity contribution in [2.24, 2.45) is 5.92 Å². The average molecular weight is 275 g/mol. The highest BCUT2D eigenvalue weighted by Crippen LogP contribution is 2.27. The van der Waals surface area contributed by atoms with Gasteiger partial charge in [0.2, 0.25) is 0 Å². The van der Waals surface area contributed by atoms with Crippen molar-refractivity contribution >= 4 is 0 Å². The number of nitrogens with zero attached hydrogens (tertiary/aromatic N) is 3. The van der Waals surface area contributed by atoms with Gasteiger partial charge in [-0.1, -0.05) is 19.3 Å². The fraction of sp³-hybridized carbons (Fsp3) is 0.600. The van der Waals surface area contributed by atoms with E-state index in [2.05, 4.69) is 10.1 Å². The topological polar surface area (TPSA) is 64.1 Å². The maximum Gasteiger partial charge on any atom is 0.194 e. The van der Waals surface area contributed by atoms with E-state index in [-0.39, 0.29) is 6.61 Å². The quantitative estimate of drug-likeness (QED) is 0.931. The fourth-order valence-corrected chi connectivity index (χ4v) is 2.96. The summed E-state index contributed by atoms with van der Waals surface area (Å²) in [4.78, 5) is 4.47. The minimum Gasteiger partial charge on any atom is -0.455 e. The summed E-state index contributed by atoms with van der Waals surface area (Å²) in [7, 11) is 0. The molecule has 2 aromatic heterocycles. The van der Waals surface area contributed by atoms with Gasteiger partial charge in [-0.2, -0.15) is 5.10 Å². The molecule has 20 heavy (non-hydrogen) atoms. The second-order valence-electron chi connectivity index (χ2n) is 5.59. The van der Waals surface area contributed by atoms with E-state index in [9.17, 15) is 0 Å². The van der Waals surface area contributed by atoms with E-state index < -0.39 is 0 Å². The minimum absolute atomic E-state index is 0.0876. The van der Waals surface area contributed by atoms with Crippen molar-refractivity contribution in [2.75, 3.05) is 0 Å². The molecule has 2 heterocycles.